The summed E-state index contributed by atoms with van der Waals surface area (Å²) in [6.07, 6.45) is 0.189. The van der Waals surface area contributed by atoms with Crippen LogP contribution in [0.1, 0.15) is 26.3 Å². The maximum atomic E-state index is 10.5. The van der Waals surface area contributed by atoms with Crippen molar-refractivity contribution in [2.75, 3.05) is 39.4 Å². The first-order chi connectivity index (χ1) is 10.9. The van der Waals surface area contributed by atoms with E-state index in [0.717, 1.165) is 38.6 Å². The summed E-state index contributed by atoms with van der Waals surface area (Å²) < 4.78 is 11.0. The Balaban J connectivity index is 1.72. The summed E-state index contributed by atoms with van der Waals surface area (Å²) in [7, 11) is 0. The van der Waals surface area contributed by atoms with Gasteiger partial charge in [-0.1, -0.05) is 12.1 Å². The first-order valence-corrected chi connectivity index (χ1v) is 8.43. The van der Waals surface area contributed by atoms with Gasteiger partial charge in [-0.15, -0.1) is 0 Å². The first kappa shape index (κ1) is 18.2. The summed E-state index contributed by atoms with van der Waals surface area (Å²) >= 11 is 0. The number of hydrogen-bond donors (Lipinski definition) is 2. The van der Waals surface area contributed by atoms with Crippen molar-refractivity contribution in [3.8, 4) is 5.75 Å². The lowest BCUT2D eigenvalue weighted by atomic mass is 10.1. The van der Waals surface area contributed by atoms with Crippen LogP contribution in [0.5, 0.6) is 5.75 Å². The number of nitrogens with one attached hydrogen (secondary N) is 1. The van der Waals surface area contributed by atoms with Crippen LogP contribution in [0.25, 0.3) is 0 Å². The van der Waals surface area contributed by atoms with E-state index in [4.69, 9.17) is 9.47 Å². The second kappa shape index (κ2) is 8.64. The smallest absolute Gasteiger partial charge is 0.119 e. The Bertz CT molecular complexity index is 454. The lowest BCUT2D eigenvalue weighted by Crippen LogP contribution is -2.50. The van der Waals surface area contributed by atoms with Crippen LogP contribution in [-0.4, -0.2) is 61.1 Å². The van der Waals surface area contributed by atoms with Crippen LogP contribution in [-0.2, 0) is 11.3 Å². The number of hydrogen-bond acceptors (Lipinski definition) is 5. The molecule has 23 heavy (non-hydrogen) atoms. The largest absolute Gasteiger partial charge is 0.491 e. The maximum absolute atomic E-state index is 10.5. The summed E-state index contributed by atoms with van der Waals surface area (Å²) in [6.45, 7) is 11.2. The molecule has 0 radical (unpaired) electrons. The average Bonchev–Trinajstić information content (AvgIpc) is 2.49. The van der Waals surface area contributed by atoms with Crippen molar-refractivity contribution in [2.45, 2.75) is 39.0 Å². The van der Waals surface area contributed by atoms with Crippen LogP contribution in [0.15, 0.2) is 24.3 Å². The molecule has 0 saturated carbocycles. The van der Waals surface area contributed by atoms with E-state index >= 15 is 0 Å². The Morgan fingerprint density at radius 2 is 1.91 bits per heavy atom. The van der Waals surface area contributed by atoms with E-state index in [0.29, 0.717) is 13.1 Å². The molecule has 0 amide bonds. The number of β-amino-alcohol motifs (C(OH)–C–C–N with tert-alkyl or cyclic N) is 1. The van der Waals surface area contributed by atoms with Crippen LogP contribution in [0, 0.1) is 0 Å². The number of ether oxygens (including phenoxy) is 2. The Hall–Kier alpha value is -1.14. The highest BCUT2D eigenvalue weighted by atomic mass is 16.5. The molecule has 130 valence electrons. The lowest BCUT2D eigenvalue weighted by molar-refractivity contribution is -0.0219. The van der Waals surface area contributed by atoms with Gasteiger partial charge in [0.2, 0.25) is 0 Å². The van der Waals surface area contributed by atoms with Gasteiger partial charge >= 0.3 is 0 Å². The van der Waals surface area contributed by atoms with Crippen molar-refractivity contribution in [3.63, 3.8) is 0 Å². The van der Waals surface area contributed by atoms with E-state index in [1.54, 1.807) is 0 Å². The molecule has 1 heterocycles. The molecule has 1 aromatic rings. The highest BCUT2D eigenvalue weighted by Crippen LogP contribution is 2.14. The number of rotatable bonds is 8. The van der Waals surface area contributed by atoms with Crippen molar-refractivity contribution in [2.24, 2.45) is 0 Å². The first-order valence-electron chi connectivity index (χ1n) is 8.43. The molecule has 0 aromatic heterocycles. The van der Waals surface area contributed by atoms with Crippen molar-refractivity contribution in [1.29, 1.82) is 0 Å². The molecule has 2 rings (SSSR count). The average molecular weight is 322 g/mol. The molecule has 5 heteroatoms. The van der Waals surface area contributed by atoms with E-state index in [1.807, 2.05) is 32.9 Å². The minimum atomic E-state index is -0.738. The highest BCUT2D eigenvalue weighted by molar-refractivity contribution is 5.27. The number of benzene rings is 1. The van der Waals surface area contributed by atoms with Gasteiger partial charge in [-0.2, -0.15) is 0 Å². The predicted molar refractivity (Wildman–Crippen MR) is 91.8 cm³/mol. The van der Waals surface area contributed by atoms with Gasteiger partial charge in [-0.25, -0.2) is 0 Å². The SMILES string of the molecule is CC(C)Oc1ccc(CNCC(C)(O)CN2CCOCC2)cc1. The van der Waals surface area contributed by atoms with E-state index in [-0.39, 0.29) is 6.10 Å². The Labute approximate surface area is 139 Å². The topological polar surface area (TPSA) is 54.0 Å². The molecule has 0 bridgehead atoms. The Morgan fingerprint density at radius 1 is 1.26 bits per heavy atom. The van der Waals surface area contributed by atoms with Gasteiger partial charge in [-0.05, 0) is 38.5 Å². The molecule has 1 aliphatic heterocycles. The zero-order chi connectivity index (χ0) is 16.7. The molecular weight excluding hydrogens is 292 g/mol. The molecular formula is C18H30N2O3. The number of morpholine rings is 1. The Kier molecular flexibility index (Phi) is 6.84. The summed E-state index contributed by atoms with van der Waals surface area (Å²) in [5.41, 5.74) is 0.446. The van der Waals surface area contributed by atoms with Crippen LogP contribution in [0.3, 0.4) is 0 Å². The molecule has 0 aliphatic carbocycles. The zero-order valence-electron chi connectivity index (χ0n) is 14.5. The lowest BCUT2D eigenvalue weighted by Gasteiger charge is -2.34. The predicted octanol–water partition coefficient (Wildman–Crippen LogP) is 1.65. The maximum Gasteiger partial charge on any atom is 0.119 e. The van der Waals surface area contributed by atoms with Crippen LogP contribution < -0.4 is 10.1 Å². The van der Waals surface area contributed by atoms with Crippen molar-refractivity contribution >= 4 is 0 Å². The van der Waals surface area contributed by atoms with Gasteiger partial charge in [0.05, 0.1) is 24.9 Å². The van der Waals surface area contributed by atoms with Gasteiger partial charge in [0.15, 0.2) is 0 Å². The standard InChI is InChI=1S/C18H30N2O3/c1-15(2)23-17-6-4-16(5-7-17)12-19-13-18(3,21)14-20-8-10-22-11-9-20/h4-7,15,19,21H,8-14H2,1-3H3. The second-order valence-electron chi connectivity index (χ2n) is 6.80. The molecule has 5 nitrogen and oxygen atoms in total. The fourth-order valence-electron chi connectivity index (χ4n) is 2.73. The van der Waals surface area contributed by atoms with Gasteiger partial charge in [0.25, 0.3) is 0 Å². The molecule has 2 N–H and O–H groups in total. The molecule has 1 aromatic carbocycles. The van der Waals surface area contributed by atoms with E-state index in [1.165, 1.54) is 5.56 Å². The van der Waals surface area contributed by atoms with E-state index < -0.39 is 5.60 Å². The van der Waals surface area contributed by atoms with Crippen LogP contribution in [0.4, 0.5) is 0 Å². The molecule has 1 saturated heterocycles. The third-order valence-corrected chi connectivity index (χ3v) is 3.80. The van der Waals surface area contributed by atoms with Gasteiger partial charge in [0.1, 0.15) is 5.75 Å². The third kappa shape index (κ3) is 6.87. The summed E-state index contributed by atoms with van der Waals surface area (Å²) in [4.78, 5) is 2.25. The quantitative estimate of drug-likeness (QED) is 0.762. The van der Waals surface area contributed by atoms with Gasteiger partial charge in [-0.3, -0.25) is 4.90 Å². The summed E-state index contributed by atoms with van der Waals surface area (Å²) in [5, 5.41) is 13.9. The molecule has 1 fully saturated rings. The molecule has 1 unspecified atom stereocenters. The van der Waals surface area contributed by atoms with E-state index in [9.17, 15) is 5.11 Å². The molecule has 1 aliphatic rings. The molecule has 0 spiro atoms. The van der Waals surface area contributed by atoms with Gasteiger partial charge < -0.3 is 19.9 Å². The third-order valence-electron chi connectivity index (χ3n) is 3.80. The number of nitrogens with zero attached hydrogens (tertiary/aromatic N) is 1. The van der Waals surface area contributed by atoms with Gasteiger partial charge in [0, 0.05) is 32.7 Å². The summed E-state index contributed by atoms with van der Waals surface area (Å²) in [5.74, 6) is 0.892. The fraction of sp³-hybridized carbons (Fsp3) is 0.667. The van der Waals surface area contributed by atoms with Crippen molar-refractivity contribution in [3.05, 3.63) is 29.8 Å². The van der Waals surface area contributed by atoms with E-state index in [2.05, 4.69) is 22.3 Å². The highest BCUT2D eigenvalue weighted by Gasteiger charge is 2.24. The zero-order valence-corrected chi connectivity index (χ0v) is 14.5. The minimum absolute atomic E-state index is 0.189. The number of aliphatic hydroxyl groups is 1. The Morgan fingerprint density at radius 3 is 2.52 bits per heavy atom. The second-order valence-corrected chi connectivity index (χ2v) is 6.80. The van der Waals surface area contributed by atoms with Crippen LogP contribution >= 0.6 is 0 Å². The normalized spacial score (nSPS) is 18.8. The monoisotopic (exact) mass is 322 g/mol. The van der Waals surface area contributed by atoms with Crippen LogP contribution in [0.2, 0.25) is 0 Å². The fourth-order valence-corrected chi connectivity index (χ4v) is 2.73. The minimum Gasteiger partial charge on any atom is -0.491 e. The van der Waals surface area contributed by atoms with Crippen molar-refractivity contribution < 1.29 is 14.6 Å². The van der Waals surface area contributed by atoms with Crippen molar-refractivity contribution in [1.82, 2.24) is 10.2 Å². The molecule has 1 atom stereocenters. The summed E-state index contributed by atoms with van der Waals surface area (Å²) in [6, 6.07) is 8.09.